The van der Waals surface area contributed by atoms with Crippen LogP contribution in [-0.2, 0) is 0 Å². The van der Waals surface area contributed by atoms with Crippen molar-refractivity contribution < 1.29 is 9.90 Å². The zero-order valence-electron chi connectivity index (χ0n) is 9.71. The zero-order chi connectivity index (χ0) is 12.8. The van der Waals surface area contributed by atoms with Crippen molar-refractivity contribution >= 4 is 17.2 Å². The van der Waals surface area contributed by atoms with Gasteiger partial charge in [-0.15, -0.1) is 0 Å². The number of aromatic nitrogens is 1. The average molecular weight is 239 g/mol. The maximum Gasteiger partial charge on any atom is 0.153 e. The number of fused-ring (bicyclic) bond motifs is 1. The largest absolute Gasteiger partial charge is 0.507 e. The predicted octanol–water partition coefficient (Wildman–Crippen LogP) is 3.37. The van der Waals surface area contributed by atoms with Gasteiger partial charge < -0.3 is 10.1 Å². The summed E-state index contributed by atoms with van der Waals surface area (Å²) in [6.45, 7) is 0. The summed E-state index contributed by atoms with van der Waals surface area (Å²) in [5.74, 6) is 0.0347. The molecule has 0 saturated carbocycles. The van der Waals surface area contributed by atoms with Gasteiger partial charge in [-0.1, -0.05) is 30.3 Å². The fourth-order valence-electron chi connectivity index (χ4n) is 1.58. The molecule has 0 radical (unpaired) electrons. The molecule has 90 valence electrons. The third-order valence-corrected chi connectivity index (χ3v) is 2.53. The van der Waals surface area contributed by atoms with Crippen molar-refractivity contribution in [2.24, 2.45) is 0 Å². The molecular formula is C15H13NO2. The number of para-hydroxylation sites is 2. The summed E-state index contributed by atoms with van der Waals surface area (Å²) in [7, 11) is 0. The van der Waals surface area contributed by atoms with Crippen LogP contribution in [0.5, 0.6) is 5.75 Å². The molecule has 0 aliphatic rings. The van der Waals surface area contributed by atoms with Crippen molar-refractivity contribution in [3.63, 3.8) is 0 Å². The normalized spacial score (nSPS) is 9.56. The monoisotopic (exact) mass is 239 g/mol. The molecule has 3 heteroatoms. The molecule has 0 aliphatic carbocycles. The minimum Gasteiger partial charge on any atom is -0.507 e. The summed E-state index contributed by atoms with van der Waals surface area (Å²) in [6.07, 6.45) is 2.57. The van der Waals surface area contributed by atoms with E-state index < -0.39 is 0 Å². The fraction of sp³-hybridized carbons (Fsp3) is 0. The van der Waals surface area contributed by atoms with E-state index in [1.54, 1.807) is 18.2 Å². The number of carbonyl (C=O) groups excluding carboxylic acids is 1. The van der Waals surface area contributed by atoms with Gasteiger partial charge >= 0.3 is 0 Å². The molecule has 2 N–H and O–H groups in total. The number of aromatic hydroxyl groups is 1. The molecule has 0 aliphatic heterocycles. The fourth-order valence-corrected chi connectivity index (χ4v) is 1.58. The third kappa shape index (κ3) is 2.77. The van der Waals surface area contributed by atoms with E-state index in [0.29, 0.717) is 11.8 Å². The molecule has 1 heterocycles. The van der Waals surface area contributed by atoms with E-state index in [1.807, 2.05) is 18.3 Å². The second-order valence-corrected chi connectivity index (χ2v) is 3.74. The highest BCUT2D eigenvalue weighted by Crippen LogP contribution is 2.11. The first-order chi connectivity index (χ1) is 8.81. The van der Waals surface area contributed by atoms with Crippen LogP contribution in [0.1, 0.15) is 10.4 Å². The zero-order valence-corrected chi connectivity index (χ0v) is 9.71. The van der Waals surface area contributed by atoms with Crippen LogP contribution in [0.3, 0.4) is 0 Å². The molecule has 0 bridgehead atoms. The van der Waals surface area contributed by atoms with Gasteiger partial charge in [0.05, 0.1) is 5.56 Å². The standard InChI is InChI=1S/C8H7N.C7H6O2/c1-2-4-8-7(3-1)5-6-9-8;8-5-6-3-1-2-4-7(6)9/h1-6,9H;1-5,9H. The van der Waals surface area contributed by atoms with Gasteiger partial charge in [-0.05, 0) is 29.7 Å². The SMILES string of the molecule is O=Cc1ccccc1O.c1ccc2[nH]ccc2c1. The van der Waals surface area contributed by atoms with E-state index >= 15 is 0 Å². The van der Waals surface area contributed by atoms with Crippen LogP contribution in [0.25, 0.3) is 10.9 Å². The number of hydrogen-bond acceptors (Lipinski definition) is 2. The molecule has 0 saturated heterocycles. The highest BCUT2D eigenvalue weighted by atomic mass is 16.3. The Kier molecular flexibility index (Phi) is 3.76. The van der Waals surface area contributed by atoms with Gasteiger partial charge in [0.25, 0.3) is 0 Å². The Morgan fingerprint density at radius 2 is 1.67 bits per heavy atom. The summed E-state index contributed by atoms with van der Waals surface area (Å²) in [6, 6.07) is 16.7. The van der Waals surface area contributed by atoms with Gasteiger partial charge in [-0.25, -0.2) is 0 Å². The molecule has 3 rings (SSSR count). The predicted molar refractivity (Wildman–Crippen MR) is 71.8 cm³/mol. The molecule has 0 atom stereocenters. The lowest BCUT2D eigenvalue weighted by atomic mass is 10.2. The molecule has 0 spiro atoms. The lowest BCUT2D eigenvalue weighted by molar-refractivity contribution is 0.112. The van der Waals surface area contributed by atoms with Gasteiger partial charge in [0.2, 0.25) is 0 Å². The van der Waals surface area contributed by atoms with Crippen LogP contribution in [0, 0.1) is 0 Å². The molecule has 0 amide bonds. The lowest BCUT2D eigenvalue weighted by Crippen LogP contribution is -1.77. The number of rotatable bonds is 1. The first kappa shape index (κ1) is 11.9. The van der Waals surface area contributed by atoms with E-state index in [9.17, 15) is 4.79 Å². The number of hydrogen-bond donors (Lipinski definition) is 2. The first-order valence-corrected chi connectivity index (χ1v) is 5.56. The van der Waals surface area contributed by atoms with Crippen molar-refractivity contribution in [3.05, 3.63) is 66.4 Å². The van der Waals surface area contributed by atoms with Crippen molar-refractivity contribution in [2.45, 2.75) is 0 Å². The van der Waals surface area contributed by atoms with Gasteiger partial charge in [-0.2, -0.15) is 0 Å². The maximum atomic E-state index is 10.1. The molecule has 1 aromatic heterocycles. The Morgan fingerprint density at radius 1 is 0.944 bits per heavy atom. The summed E-state index contributed by atoms with van der Waals surface area (Å²) in [5.41, 5.74) is 1.54. The Morgan fingerprint density at radius 3 is 2.33 bits per heavy atom. The summed E-state index contributed by atoms with van der Waals surface area (Å²) >= 11 is 0. The van der Waals surface area contributed by atoms with Gasteiger partial charge in [0.1, 0.15) is 5.75 Å². The number of aromatic amines is 1. The van der Waals surface area contributed by atoms with E-state index in [4.69, 9.17) is 5.11 Å². The smallest absolute Gasteiger partial charge is 0.153 e. The van der Waals surface area contributed by atoms with Crippen LogP contribution in [0.15, 0.2) is 60.8 Å². The number of aldehydes is 1. The summed E-state index contributed by atoms with van der Waals surface area (Å²) in [5, 5.41) is 10.2. The second kappa shape index (κ2) is 5.68. The van der Waals surface area contributed by atoms with Crippen LogP contribution < -0.4 is 0 Å². The van der Waals surface area contributed by atoms with Gasteiger partial charge in [0, 0.05) is 11.7 Å². The van der Waals surface area contributed by atoms with Crippen LogP contribution in [0.4, 0.5) is 0 Å². The summed E-state index contributed by atoms with van der Waals surface area (Å²) < 4.78 is 0. The topological polar surface area (TPSA) is 53.1 Å². The number of carbonyl (C=O) groups is 1. The van der Waals surface area contributed by atoms with Crippen LogP contribution >= 0.6 is 0 Å². The van der Waals surface area contributed by atoms with E-state index in [-0.39, 0.29) is 5.75 Å². The molecule has 3 aromatic rings. The van der Waals surface area contributed by atoms with Gasteiger partial charge in [0.15, 0.2) is 6.29 Å². The molecular weight excluding hydrogens is 226 g/mol. The molecule has 0 fully saturated rings. The second-order valence-electron chi connectivity index (χ2n) is 3.74. The number of benzene rings is 2. The van der Waals surface area contributed by atoms with Crippen molar-refractivity contribution in [1.82, 2.24) is 4.98 Å². The summed E-state index contributed by atoms with van der Waals surface area (Å²) in [4.78, 5) is 13.2. The highest BCUT2D eigenvalue weighted by molar-refractivity contribution is 5.79. The Labute approximate surface area is 105 Å². The number of phenols is 1. The molecule has 2 aromatic carbocycles. The van der Waals surface area contributed by atoms with Gasteiger partial charge in [-0.3, -0.25) is 4.79 Å². The molecule has 18 heavy (non-hydrogen) atoms. The van der Waals surface area contributed by atoms with Crippen LogP contribution in [0.2, 0.25) is 0 Å². The van der Waals surface area contributed by atoms with Crippen LogP contribution in [-0.4, -0.2) is 16.4 Å². The Balaban J connectivity index is 0.000000134. The average Bonchev–Trinajstić information content (AvgIpc) is 2.88. The molecule has 3 nitrogen and oxygen atoms in total. The minimum absolute atomic E-state index is 0.0347. The maximum absolute atomic E-state index is 10.1. The highest BCUT2D eigenvalue weighted by Gasteiger charge is 1.93. The molecule has 0 unspecified atom stereocenters. The lowest BCUT2D eigenvalue weighted by Gasteiger charge is -1.91. The quantitative estimate of drug-likeness (QED) is 0.640. The number of phenolic OH excluding ortho intramolecular Hbond substituents is 1. The van der Waals surface area contributed by atoms with E-state index in [2.05, 4.69) is 23.2 Å². The number of H-pyrrole nitrogens is 1. The van der Waals surface area contributed by atoms with Crippen molar-refractivity contribution in [1.29, 1.82) is 0 Å². The Hall–Kier alpha value is -2.55. The van der Waals surface area contributed by atoms with Crippen molar-refractivity contribution in [2.75, 3.05) is 0 Å². The van der Waals surface area contributed by atoms with E-state index in [1.165, 1.54) is 17.0 Å². The van der Waals surface area contributed by atoms with Crippen molar-refractivity contribution in [3.8, 4) is 5.75 Å². The first-order valence-electron chi connectivity index (χ1n) is 5.56. The van der Waals surface area contributed by atoms with E-state index in [0.717, 1.165) is 0 Å². The number of nitrogens with one attached hydrogen (secondary N) is 1. The minimum atomic E-state index is 0.0347. The third-order valence-electron chi connectivity index (χ3n) is 2.53. The Bertz CT molecular complexity index is 613.